The van der Waals surface area contributed by atoms with E-state index in [1.165, 1.54) is 30.3 Å². The van der Waals surface area contributed by atoms with E-state index in [2.05, 4.69) is 14.8 Å². The van der Waals surface area contributed by atoms with Crippen LogP contribution in [-0.2, 0) is 16.4 Å². The van der Waals surface area contributed by atoms with E-state index >= 15 is 0 Å². The Morgan fingerprint density at radius 1 is 1.14 bits per heavy atom. The zero-order chi connectivity index (χ0) is 20.4. The molecule has 1 saturated heterocycles. The van der Waals surface area contributed by atoms with Gasteiger partial charge in [0.05, 0.1) is 10.6 Å². The van der Waals surface area contributed by atoms with Crippen molar-refractivity contribution in [2.75, 3.05) is 26.2 Å². The van der Waals surface area contributed by atoms with Crippen molar-refractivity contribution in [2.45, 2.75) is 17.7 Å². The summed E-state index contributed by atoms with van der Waals surface area (Å²) in [6.07, 6.45) is 1.60. The molecule has 154 valence electrons. The molecule has 1 aliphatic rings. The number of hydrogen-bond acceptors (Lipinski definition) is 5. The summed E-state index contributed by atoms with van der Waals surface area (Å²) < 4.78 is 58.6. The summed E-state index contributed by atoms with van der Waals surface area (Å²) in [5.74, 6) is -0.693. The van der Waals surface area contributed by atoms with Gasteiger partial charge in [-0.1, -0.05) is 11.2 Å². The maximum atomic E-state index is 13.2. The smallest absolute Gasteiger partial charge is 0.240 e. The molecule has 0 amide bonds. The van der Waals surface area contributed by atoms with Gasteiger partial charge in [-0.25, -0.2) is 21.9 Å². The van der Waals surface area contributed by atoms with Crippen LogP contribution in [0.3, 0.4) is 0 Å². The number of likely N-dealkylation sites (tertiary alicyclic amines) is 1. The molecule has 29 heavy (non-hydrogen) atoms. The van der Waals surface area contributed by atoms with Crippen molar-refractivity contribution >= 4 is 21.0 Å². The Morgan fingerprint density at radius 3 is 2.72 bits per heavy atom. The minimum atomic E-state index is -3.70. The lowest BCUT2D eigenvalue weighted by molar-refractivity contribution is 0.102. The first-order valence-electron chi connectivity index (χ1n) is 9.42. The maximum Gasteiger partial charge on any atom is 0.240 e. The Bertz CT molecular complexity index is 1110. The van der Waals surface area contributed by atoms with Gasteiger partial charge in [-0.3, -0.25) is 0 Å². The molecule has 4 rings (SSSR count). The normalized spacial score (nSPS) is 15.7. The lowest BCUT2D eigenvalue weighted by atomic mass is 10.00. The van der Waals surface area contributed by atoms with Crippen molar-refractivity contribution in [3.8, 4) is 0 Å². The second-order valence-corrected chi connectivity index (χ2v) is 9.08. The van der Waals surface area contributed by atoms with E-state index in [1.807, 2.05) is 0 Å². The van der Waals surface area contributed by atoms with Crippen LogP contribution in [0.2, 0.25) is 0 Å². The molecule has 9 heteroatoms. The average molecular weight is 421 g/mol. The number of nitrogens with zero attached hydrogens (tertiary/aromatic N) is 2. The molecule has 6 nitrogen and oxygen atoms in total. The molecule has 1 aliphatic heterocycles. The highest BCUT2D eigenvalue weighted by molar-refractivity contribution is 7.89. The zero-order valence-electron chi connectivity index (χ0n) is 15.6. The van der Waals surface area contributed by atoms with Crippen molar-refractivity contribution in [3.05, 3.63) is 59.8 Å². The number of hydrogen-bond donors (Lipinski definition) is 1. The Kier molecular flexibility index (Phi) is 5.62. The van der Waals surface area contributed by atoms with Crippen molar-refractivity contribution < 1.29 is 21.7 Å². The third-order valence-corrected chi connectivity index (χ3v) is 6.52. The molecule has 0 radical (unpaired) electrons. The fourth-order valence-electron chi connectivity index (χ4n) is 3.55. The second kappa shape index (κ2) is 8.17. The molecule has 0 unspecified atom stereocenters. The molecule has 2 heterocycles. The van der Waals surface area contributed by atoms with E-state index in [0.717, 1.165) is 49.6 Å². The lowest BCUT2D eigenvalue weighted by Crippen LogP contribution is -2.51. The van der Waals surface area contributed by atoms with E-state index in [1.54, 1.807) is 6.07 Å². The quantitative estimate of drug-likeness (QED) is 0.605. The molecule has 1 aromatic heterocycles. The molecule has 2 aromatic carbocycles. The van der Waals surface area contributed by atoms with E-state index in [-0.39, 0.29) is 16.6 Å². The van der Waals surface area contributed by atoms with Crippen LogP contribution in [0.15, 0.2) is 51.9 Å². The maximum absolute atomic E-state index is 13.2. The predicted octanol–water partition coefficient (Wildman–Crippen LogP) is 2.95. The molecule has 0 saturated carbocycles. The van der Waals surface area contributed by atoms with Crippen LogP contribution in [0.4, 0.5) is 8.78 Å². The summed E-state index contributed by atoms with van der Waals surface area (Å²) in [4.78, 5) is 2.18. The first-order valence-corrected chi connectivity index (χ1v) is 10.9. The number of rotatable bonds is 8. The summed E-state index contributed by atoms with van der Waals surface area (Å²) in [5.41, 5.74) is 1.27. The van der Waals surface area contributed by atoms with Crippen LogP contribution in [-0.4, -0.2) is 44.7 Å². The molecule has 0 bridgehead atoms. The molecule has 1 fully saturated rings. The van der Waals surface area contributed by atoms with E-state index in [4.69, 9.17) is 4.52 Å². The summed E-state index contributed by atoms with van der Waals surface area (Å²) in [7, 11) is -3.70. The molecule has 0 spiro atoms. The molecule has 0 aliphatic carbocycles. The number of halogens is 2. The highest BCUT2D eigenvalue weighted by atomic mass is 32.2. The fraction of sp³-hybridized carbons (Fsp3) is 0.350. The van der Waals surface area contributed by atoms with Gasteiger partial charge in [-0.05, 0) is 55.6 Å². The van der Waals surface area contributed by atoms with Gasteiger partial charge in [0.2, 0.25) is 10.0 Å². The van der Waals surface area contributed by atoms with Gasteiger partial charge >= 0.3 is 0 Å². The largest absolute Gasteiger partial charge is 0.356 e. The van der Waals surface area contributed by atoms with E-state index in [9.17, 15) is 17.2 Å². The van der Waals surface area contributed by atoms with Gasteiger partial charge in [-0.2, -0.15) is 0 Å². The molecular formula is C20H21F2N3O3S. The molecule has 1 N–H and O–H groups in total. The average Bonchev–Trinajstić information content (AvgIpc) is 3.04. The number of benzene rings is 2. The number of nitrogens with one attached hydrogen (secondary N) is 1. The third kappa shape index (κ3) is 4.63. The van der Waals surface area contributed by atoms with Crippen LogP contribution in [0.5, 0.6) is 0 Å². The summed E-state index contributed by atoms with van der Waals surface area (Å²) in [6, 6.07) is 9.38. The van der Waals surface area contributed by atoms with Gasteiger partial charge < -0.3 is 9.42 Å². The van der Waals surface area contributed by atoms with Gasteiger partial charge in [0.1, 0.15) is 11.6 Å². The minimum absolute atomic E-state index is 0.0617. The Morgan fingerprint density at radius 2 is 1.93 bits per heavy atom. The Hall–Kier alpha value is -2.36. The Balaban J connectivity index is 1.20. The van der Waals surface area contributed by atoms with Crippen molar-refractivity contribution in [3.63, 3.8) is 0 Å². The Labute approximate surface area is 167 Å². The summed E-state index contributed by atoms with van der Waals surface area (Å²) in [5, 5.41) is 4.85. The van der Waals surface area contributed by atoms with Crippen molar-refractivity contribution in [1.82, 2.24) is 14.8 Å². The van der Waals surface area contributed by atoms with E-state index < -0.39 is 15.8 Å². The van der Waals surface area contributed by atoms with Crippen LogP contribution >= 0.6 is 0 Å². The van der Waals surface area contributed by atoms with Crippen LogP contribution < -0.4 is 4.72 Å². The number of aryl methyl sites for hydroxylation is 1. The molecular weight excluding hydrogens is 400 g/mol. The first kappa shape index (κ1) is 19.9. The SMILES string of the molecule is O=S(=O)(NCC1CN(CCCc2noc3cc(F)ccc23)C1)c1cccc(F)c1. The second-order valence-electron chi connectivity index (χ2n) is 7.31. The number of fused-ring (bicyclic) bond motifs is 1. The topological polar surface area (TPSA) is 75.4 Å². The van der Waals surface area contributed by atoms with Crippen LogP contribution in [0.1, 0.15) is 12.1 Å². The molecule has 0 atom stereocenters. The summed E-state index contributed by atoms with van der Waals surface area (Å²) >= 11 is 0. The van der Waals surface area contributed by atoms with Gasteiger partial charge in [0, 0.05) is 31.1 Å². The zero-order valence-corrected chi connectivity index (χ0v) is 16.5. The third-order valence-electron chi connectivity index (χ3n) is 5.10. The fourth-order valence-corrected chi connectivity index (χ4v) is 4.69. The number of aromatic nitrogens is 1. The van der Waals surface area contributed by atoms with Gasteiger partial charge in [0.25, 0.3) is 0 Å². The standard InChI is InChI=1S/C20H21F2N3O3S/c21-15-3-1-4-17(9-15)29(26,27)23-11-14-12-25(13-14)8-2-5-19-18-7-6-16(22)10-20(18)28-24-19/h1,3-4,6-7,9-10,14,23H,2,5,8,11-13H2. The summed E-state index contributed by atoms with van der Waals surface area (Å²) in [6.45, 7) is 2.80. The van der Waals surface area contributed by atoms with Crippen molar-refractivity contribution in [2.24, 2.45) is 5.92 Å². The minimum Gasteiger partial charge on any atom is -0.356 e. The number of sulfonamides is 1. The van der Waals surface area contributed by atoms with Gasteiger partial charge in [0.15, 0.2) is 5.58 Å². The van der Waals surface area contributed by atoms with Gasteiger partial charge in [-0.15, -0.1) is 0 Å². The van der Waals surface area contributed by atoms with Crippen LogP contribution in [0.25, 0.3) is 11.0 Å². The van der Waals surface area contributed by atoms with Crippen LogP contribution in [0, 0.1) is 17.6 Å². The molecule has 3 aromatic rings. The van der Waals surface area contributed by atoms with Crippen molar-refractivity contribution in [1.29, 1.82) is 0 Å². The predicted molar refractivity (Wildman–Crippen MR) is 104 cm³/mol. The highest BCUT2D eigenvalue weighted by Crippen LogP contribution is 2.22. The first-order chi connectivity index (χ1) is 13.9. The monoisotopic (exact) mass is 421 g/mol. The van der Waals surface area contributed by atoms with E-state index in [0.29, 0.717) is 12.1 Å². The highest BCUT2D eigenvalue weighted by Gasteiger charge is 2.27. The lowest BCUT2D eigenvalue weighted by Gasteiger charge is -2.39.